The van der Waals surface area contributed by atoms with Crippen LogP contribution in [0.5, 0.6) is 0 Å². The normalized spacial score (nSPS) is 8.27. The number of amides is 1. The fourth-order valence-corrected chi connectivity index (χ4v) is 0.409. The smallest absolute Gasteiger partial charge is 0.382 e. The Labute approximate surface area is 64.6 Å². The lowest BCUT2D eigenvalue weighted by Crippen LogP contribution is -2.28. The van der Waals surface area contributed by atoms with Crippen LogP contribution in [0.1, 0.15) is 13.8 Å². The summed E-state index contributed by atoms with van der Waals surface area (Å²) in [5, 5.41) is 10.5. The van der Waals surface area contributed by atoms with E-state index >= 15 is 0 Å². The van der Waals surface area contributed by atoms with Crippen molar-refractivity contribution in [2.45, 2.75) is 19.9 Å². The molecule has 0 bridgehead atoms. The summed E-state index contributed by atoms with van der Waals surface area (Å²) in [6.45, 7) is 3.53. The molecule has 0 fully saturated rings. The molecular weight excluding hydrogens is 146 g/mol. The number of hydrogen-bond donors (Lipinski definition) is 2. The summed E-state index contributed by atoms with van der Waals surface area (Å²) in [4.78, 5) is 20.4. The zero-order valence-corrected chi connectivity index (χ0v) is 6.34. The Morgan fingerprint density at radius 2 is 1.91 bits per heavy atom. The fraction of sp³-hybridized carbons (Fsp3) is 0.429. The second-order valence-electron chi connectivity index (χ2n) is 2.18. The van der Waals surface area contributed by atoms with Gasteiger partial charge in [0.15, 0.2) is 0 Å². The number of hydrogen-bond acceptors (Lipinski definition) is 2. The number of carboxylic acid groups (broad SMARTS) is 1. The van der Waals surface area contributed by atoms with E-state index in [0.717, 1.165) is 0 Å². The van der Waals surface area contributed by atoms with Gasteiger partial charge in [-0.2, -0.15) is 0 Å². The van der Waals surface area contributed by atoms with Crippen LogP contribution in [0.15, 0.2) is 0 Å². The summed E-state index contributed by atoms with van der Waals surface area (Å²) in [6.07, 6.45) is 0. The molecule has 0 atom stereocenters. The third-order valence-electron chi connectivity index (χ3n) is 0.703. The number of nitrogens with one attached hydrogen (secondary N) is 1. The zero-order chi connectivity index (χ0) is 8.85. The maximum absolute atomic E-state index is 10.6. The minimum Gasteiger partial charge on any atom is -0.472 e. The molecule has 2 N–H and O–H groups in total. The van der Waals surface area contributed by atoms with Crippen LogP contribution < -0.4 is 5.32 Å². The molecule has 1 amide bonds. The Morgan fingerprint density at radius 1 is 1.36 bits per heavy atom. The highest BCUT2D eigenvalue weighted by Gasteiger charge is 1.97. The molecule has 0 spiro atoms. The first kappa shape index (κ1) is 9.50. The van der Waals surface area contributed by atoms with E-state index in [1.165, 1.54) is 0 Å². The summed E-state index contributed by atoms with van der Waals surface area (Å²) in [5.41, 5.74) is 0. The highest BCUT2D eigenvalue weighted by molar-refractivity contribution is 6.00. The van der Waals surface area contributed by atoms with Crippen LogP contribution in [0, 0.1) is 11.8 Å². The molecular formula is C7H9NO3. The summed E-state index contributed by atoms with van der Waals surface area (Å²) in [7, 11) is 0. The van der Waals surface area contributed by atoms with Gasteiger partial charge in [-0.25, -0.2) is 4.79 Å². The molecule has 0 radical (unpaired) electrons. The first-order valence-electron chi connectivity index (χ1n) is 3.08. The molecule has 11 heavy (non-hydrogen) atoms. The number of carbonyl (C=O) groups is 2. The highest BCUT2D eigenvalue weighted by atomic mass is 16.4. The molecule has 0 aliphatic heterocycles. The molecule has 0 heterocycles. The third-order valence-corrected chi connectivity index (χ3v) is 0.703. The lowest BCUT2D eigenvalue weighted by atomic mass is 10.4. The van der Waals surface area contributed by atoms with Crippen molar-refractivity contribution in [3.05, 3.63) is 0 Å². The predicted molar refractivity (Wildman–Crippen MR) is 38.7 cm³/mol. The molecule has 0 aliphatic carbocycles. The van der Waals surface area contributed by atoms with Gasteiger partial charge in [-0.3, -0.25) is 4.79 Å². The van der Waals surface area contributed by atoms with Crippen LogP contribution in [0.4, 0.5) is 0 Å². The minimum absolute atomic E-state index is 0.0226. The van der Waals surface area contributed by atoms with Gasteiger partial charge in [-0.15, -0.1) is 0 Å². The van der Waals surface area contributed by atoms with Crippen molar-refractivity contribution in [3.8, 4) is 11.8 Å². The van der Waals surface area contributed by atoms with Gasteiger partial charge >= 0.3 is 5.97 Å². The van der Waals surface area contributed by atoms with Gasteiger partial charge in [0.05, 0.1) is 0 Å². The van der Waals surface area contributed by atoms with Gasteiger partial charge in [0.2, 0.25) is 0 Å². The monoisotopic (exact) mass is 155 g/mol. The van der Waals surface area contributed by atoms with Crippen molar-refractivity contribution in [3.63, 3.8) is 0 Å². The number of rotatable bonds is 1. The minimum atomic E-state index is -1.30. The van der Waals surface area contributed by atoms with Crippen LogP contribution >= 0.6 is 0 Å². The summed E-state index contributed by atoms with van der Waals surface area (Å²) in [6, 6.07) is -0.0226. The van der Waals surface area contributed by atoms with Crippen molar-refractivity contribution in [2.75, 3.05) is 0 Å². The van der Waals surface area contributed by atoms with E-state index in [-0.39, 0.29) is 6.04 Å². The van der Waals surface area contributed by atoms with Crippen LogP contribution in [0.3, 0.4) is 0 Å². The molecule has 4 heteroatoms. The van der Waals surface area contributed by atoms with Crippen LogP contribution in [0.2, 0.25) is 0 Å². The number of aliphatic carboxylic acids is 1. The van der Waals surface area contributed by atoms with Crippen molar-refractivity contribution in [2.24, 2.45) is 0 Å². The predicted octanol–water partition coefficient (Wildman–Crippen LogP) is -0.401. The van der Waals surface area contributed by atoms with Gasteiger partial charge in [-0.05, 0) is 13.8 Å². The van der Waals surface area contributed by atoms with Crippen LogP contribution in [-0.4, -0.2) is 23.0 Å². The van der Waals surface area contributed by atoms with Gasteiger partial charge < -0.3 is 10.4 Å². The number of carboxylic acids is 1. The third kappa shape index (κ3) is 6.38. The first-order chi connectivity index (χ1) is 5.02. The van der Waals surface area contributed by atoms with Gasteiger partial charge in [0.1, 0.15) is 0 Å². The van der Waals surface area contributed by atoms with Crippen molar-refractivity contribution in [1.82, 2.24) is 5.32 Å². The Balaban J connectivity index is 3.91. The lowest BCUT2D eigenvalue weighted by Gasteiger charge is -2.01. The van der Waals surface area contributed by atoms with Crippen LogP contribution in [0.25, 0.3) is 0 Å². The molecule has 0 aromatic carbocycles. The van der Waals surface area contributed by atoms with Gasteiger partial charge in [0, 0.05) is 17.9 Å². The lowest BCUT2D eigenvalue weighted by molar-refractivity contribution is -0.130. The van der Waals surface area contributed by atoms with E-state index in [2.05, 4.69) is 5.32 Å². The van der Waals surface area contributed by atoms with Crippen molar-refractivity contribution >= 4 is 11.9 Å². The van der Waals surface area contributed by atoms with Crippen molar-refractivity contribution in [1.29, 1.82) is 0 Å². The molecule has 4 nitrogen and oxygen atoms in total. The topological polar surface area (TPSA) is 66.4 Å². The molecule has 0 aliphatic rings. The SMILES string of the molecule is CC(C)NC(=O)C#CC(=O)O. The molecule has 0 saturated carbocycles. The largest absolute Gasteiger partial charge is 0.472 e. The second kappa shape index (κ2) is 4.34. The molecule has 0 saturated heterocycles. The van der Waals surface area contributed by atoms with E-state index in [9.17, 15) is 9.59 Å². The van der Waals surface area contributed by atoms with E-state index in [0.29, 0.717) is 0 Å². The molecule has 0 aromatic rings. The standard InChI is InChI=1S/C7H9NO3/c1-5(2)8-6(9)3-4-7(10)11/h5H,1-2H3,(H,8,9)(H,10,11). The molecule has 0 rings (SSSR count). The number of carbonyl (C=O) groups excluding carboxylic acids is 1. The quantitative estimate of drug-likeness (QED) is 0.506. The Bertz CT molecular complexity index is 222. The molecule has 60 valence electrons. The Kier molecular flexibility index (Phi) is 3.75. The van der Waals surface area contributed by atoms with Crippen molar-refractivity contribution < 1.29 is 14.7 Å². The highest BCUT2D eigenvalue weighted by Crippen LogP contribution is 1.74. The average molecular weight is 155 g/mol. The Morgan fingerprint density at radius 3 is 2.27 bits per heavy atom. The summed E-state index contributed by atoms with van der Waals surface area (Å²) < 4.78 is 0. The molecule has 0 aromatic heterocycles. The fourth-order valence-electron chi connectivity index (χ4n) is 0.409. The summed E-state index contributed by atoms with van der Waals surface area (Å²) in [5.74, 6) is 1.75. The van der Waals surface area contributed by atoms with E-state index < -0.39 is 11.9 Å². The van der Waals surface area contributed by atoms with Gasteiger partial charge in [-0.1, -0.05) is 0 Å². The van der Waals surface area contributed by atoms with E-state index in [1.807, 2.05) is 5.92 Å². The first-order valence-corrected chi connectivity index (χ1v) is 3.08. The second-order valence-corrected chi connectivity index (χ2v) is 2.18. The van der Waals surface area contributed by atoms with E-state index in [1.54, 1.807) is 19.8 Å². The molecule has 0 unspecified atom stereocenters. The zero-order valence-electron chi connectivity index (χ0n) is 6.34. The summed E-state index contributed by atoms with van der Waals surface area (Å²) >= 11 is 0. The average Bonchev–Trinajstić information content (AvgIpc) is 1.82. The Hall–Kier alpha value is -1.50. The van der Waals surface area contributed by atoms with Crippen LogP contribution in [-0.2, 0) is 9.59 Å². The van der Waals surface area contributed by atoms with E-state index in [4.69, 9.17) is 5.11 Å². The maximum atomic E-state index is 10.6. The van der Waals surface area contributed by atoms with Gasteiger partial charge in [0.25, 0.3) is 5.91 Å². The maximum Gasteiger partial charge on any atom is 0.382 e.